The number of carboxylic acid groups (broad SMARTS) is 1. The van der Waals surface area contributed by atoms with E-state index in [0.29, 0.717) is 6.54 Å². The van der Waals surface area contributed by atoms with E-state index < -0.39 is 21.0 Å². The van der Waals surface area contributed by atoms with Gasteiger partial charge in [-0.1, -0.05) is 13.8 Å². The highest BCUT2D eigenvalue weighted by atomic mass is 32.2. The lowest BCUT2D eigenvalue weighted by Crippen LogP contribution is -2.40. The predicted octanol–water partition coefficient (Wildman–Crippen LogP) is -0.0260. The first-order chi connectivity index (χ1) is 9.05. The number of hydrogen-bond acceptors (Lipinski definition) is 5. The number of carboxylic acids is 1. The van der Waals surface area contributed by atoms with E-state index in [1.165, 1.54) is 0 Å². The monoisotopic (exact) mass is 304 g/mol. The molecule has 0 fully saturated rings. The molecule has 0 aliphatic carbocycles. The maximum Gasteiger partial charge on any atom is 0.340 e. The van der Waals surface area contributed by atoms with Crippen LogP contribution in [0.25, 0.3) is 0 Å². The molecule has 0 aliphatic heterocycles. The van der Waals surface area contributed by atoms with Gasteiger partial charge in [-0.3, -0.25) is 5.10 Å². The van der Waals surface area contributed by atoms with Crippen LogP contribution in [0.2, 0.25) is 0 Å². The summed E-state index contributed by atoms with van der Waals surface area (Å²) in [4.78, 5) is 12.9. The van der Waals surface area contributed by atoms with Crippen LogP contribution in [-0.2, 0) is 10.0 Å². The van der Waals surface area contributed by atoms with Crippen LogP contribution in [0, 0.1) is 5.41 Å². The zero-order valence-corrected chi connectivity index (χ0v) is 12.8. The van der Waals surface area contributed by atoms with Gasteiger partial charge in [0.25, 0.3) is 10.0 Å². The zero-order valence-electron chi connectivity index (χ0n) is 12.0. The summed E-state index contributed by atoms with van der Waals surface area (Å²) in [6, 6.07) is 0. The lowest BCUT2D eigenvalue weighted by atomic mass is 9.93. The molecule has 0 saturated carbocycles. The van der Waals surface area contributed by atoms with E-state index in [-0.39, 0.29) is 17.5 Å². The third kappa shape index (κ3) is 4.29. The largest absolute Gasteiger partial charge is 0.478 e. The second-order valence-electron chi connectivity index (χ2n) is 5.64. The van der Waals surface area contributed by atoms with Gasteiger partial charge in [-0.2, -0.15) is 5.10 Å². The summed E-state index contributed by atoms with van der Waals surface area (Å²) in [5.41, 5.74) is -0.664. The zero-order chi connectivity index (χ0) is 15.6. The molecule has 0 saturated heterocycles. The van der Waals surface area contributed by atoms with E-state index in [1.807, 2.05) is 32.8 Å². The summed E-state index contributed by atoms with van der Waals surface area (Å²) in [5, 5.41) is 14.2. The van der Waals surface area contributed by atoms with Gasteiger partial charge in [-0.05, 0) is 19.5 Å². The number of nitrogens with zero attached hydrogens (tertiary/aromatic N) is 2. The Balaban J connectivity index is 2.86. The SMILES string of the molecule is CN(C)CC(C)(C)CNS(=O)(=O)c1[nH]ncc1C(=O)O. The standard InChI is InChI=1S/C11H20N4O4S/c1-11(2,7-15(3)4)6-13-20(18,19)9-8(10(16)17)5-12-14-9/h5,13H,6-7H2,1-4H3,(H,12,14)(H,16,17). The third-order valence-corrected chi connectivity index (χ3v) is 3.96. The normalized spacial score (nSPS) is 12.8. The lowest BCUT2D eigenvalue weighted by molar-refractivity contribution is 0.0692. The Morgan fingerprint density at radius 2 is 2.10 bits per heavy atom. The van der Waals surface area contributed by atoms with Crippen molar-refractivity contribution in [3.8, 4) is 0 Å². The molecule has 3 N–H and O–H groups in total. The van der Waals surface area contributed by atoms with Crippen LogP contribution in [0.4, 0.5) is 0 Å². The summed E-state index contributed by atoms with van der Waals surface area (Å²) in [6.45, 7) is 4.71. The number of sulfonamides is 1. The third-order valence-electron chi connectivity index (χ3n) is 2.59. The highest BCUT2D eigenvalue weighted by Gasteiger charge is 2.27. The van der Waals surface area contributed by atoms with Crippen molar-refractivity contribution in [2.45, 2.75) is 18.9 Å². The van der Waals surface area contributed by atoms with E-state index in [4.69, 9.17) is 5.11 Å². The molecule has 1 aromatic heterocycles. The van der Waals surface area contributed by atoms with Crippen molar-refractivity contribution in [2.24, 2.45) is 5.41 Å². The van der Waals surface area contributed by atoms with E-state index in [9.17, 15) is 13.2 Å². The summed E-state index contributed by atoms with van der Waals surface area (Å²) < 4.78 is 26.6. The number of aromatic amines is 1. The van der Waals surface area contributed by atoms with Crippen LogP contribution >= 0.6 is 0 Å². The lowest BCUT2D eigenvalue weighted by Gasteiger charge is -2.28. The molecular formula is C11H20N4O4S. The topological polar surface area (TPSA) is 115 Å². The average Bonchev–Trinajstić information content (AvgIpc) is 2.74. The number of aromatic carboxylic acids is 1. The fourth-order valence-corrected chi connectivity index (χ4v) is 3.23. The van der Waals surface area contributed by atoms with Gasteiger partial charge in [0.1, 0.15) is 5.56 Å². The van der Waals surface area contributed by atoms with Crippen LogP contribution in [0.3, 0.4) is 0 Å². The summed E-state index contributed by atoms with van der Waals surface area (Å²) >= 11 is 0. The summed E-state index contributed by atoms with van der Waals surface area (Å²) in [5.74, 6) is -1.34. The van der Waals surface area contributed by atoms with Gasteiger partial charge in [0.05, 0.1) is 6.20 Å². The molecule has 0 aromatic carbocycles. The molecule has 0 atom stereocenters. The van der Waals surface area contributed by atoms with Crippen LogP contribution in [0.5, 0.6) is 0 Å². The van der Waals surface area contributed by atoms with E-state index in [2.05, 4.69) is 14.9 Å². The number of nitrogens with one attached hydrogen (secondary N) is 2. The number of aromatic nitrogens is 2. The van der Waals surface area contributed by atoms with Gasteiger partial charge in [0, 0.05) is 13.1 Å². The van der Waals surface area contributed by atoms with Crippen LogP contribution < -0.4 is 4.72 Å². The number of rotatable bonds is 7. The Labute approximate surface area is 118 Å². The fourth-order valence-electron chi connectivity index (χ4n) is 1.91. The molecule has 0 bridgehead atoms. The Kier molecular flexibility index (Phi) is 4.90. The molecule has 0 unspecified atom stereocenters. The Hall–Kier alpha value is -1.45. The molecule has 1 aromatic rings. The summed E-state index contributed by atoms with van der Waals surface area (Å²) in [7, 11) is -0.136. The first-order valence-corrected chi connectivity index (χ1v) is 7.44. The Morgan fingerprint density at radius 1 is 1.50 bits per heavy atom. The summed E-state index contributed by atoms with van der Waals surface area (Å²) in [6.07, 6.45) is 0.974. The first-order valence-electron chi connectivity index (χ1n) is 5.96. The maximum absolute atomic E-state index is 12.1. The molecule has 20 heavy (non-hydrogen) atoms. The average molecular weight is 304 g/mol. The quantitative estimate of drug-likeness (QED) is 0.652. The smallest absolute Gasteiger partial charge is 0.340 e. The molecule has 1 heterocycles. The minimum atomic E-state index is -3.93. The molecule has 9 heteroatoms. The van der Waals surface area contributed by atoms with Crippen LogP contribution in [0.15, 0.2) is 11.2 Å². The Bertz CT molecular complexity index is 577. The molecule has 1 rings (SSSR count). The van der Waals surface area contributed by atoms with Crippen molar-refractivity contribution in [3.63, 3.8) is 0 Å². The highest BCUT2D eigenvalue weighted by Crippen LogP contribution is 2.17. The van der Waals surface area contributed by atoms with Gasteiger partial charge in [0.15, 0.2) is 5.03 Å². The molecule has 8 nitrogen and oxygen atoms in total. The fraction of sp³-hybridized carbons (Fsp3) is 0.636. The predicted molar refractivity (Wildman–Crippen MR) is 73.1 cm³/mol. The van der Waals surface area contributed by atoms with Crippen molar-refractivity contribution in [1.82, 2.24) is 19.8 Å². The number of H-pyrrole nitrogens is 1. The van der Waals surface area contributed by atoms with Crippen LogP contribution in [0.1, 0.15) is 24.2 Å². The molecule has 0 amide bonds. The van der Waals surface area contributed by atoms with Gasteiger partial charge in [-0.15, -0.1) is 0 Å². The molecule has 114 valence electrons. The molecule has 0 aliphatic rings. The van der Waals surface area contributed by atoms with Gasteiger partial charge >= 0.3 is 5.97 Å². The van der Waals surface area contributed by atoms with Gasteiger partial charge in [0.2, 0.25) is 0 Å². The maximum atomic E-state index is 12.1. The molecule has 0 radical (unpaired) electrons. The van der Waals surface area contributed by atoms with Crippen molar-refractivity contribution in [2.75, 3.05) is 27.2 Å². The number of hydrogen-bond donors (Lipinski definition) is 3. The molecular weight excluding hydrogens is 284 g/mol. The Morgan fingerprint density at radius 3 is 2.60 bits per heavy atom. The van der Waals surface area contributed by atoms with Gasteiger partial charge < -0.3 is 10.0 Å². The highest BCUT2D eigenvalue weighted by molar-refractivity contribution is 7.89. The van der Waals surface area contributed by atoms with E-state index >= 15 is 0 Å². The van der Waals surface area contributed by atoms with Crippen molar-refractivity contribution in [1.29, 1.82) is 0 Å². The minimum absolute atomic E-state index is 0.186. The van der Waals surface area contributed by atoms with Gasteiger partial charge in [-0.25, -0.2) is 17.9 Å². The second kappa shape index (κ2) is 5.90. The van der Waals surface area contributed by atoms with Crippen molar-refractivity contribution in [3.05, 3.63) is 11.8 Å². The number of carbonyl (C=O) groups is 1. The van der Waals surface area contributed by atoms with Crippen LogP contribution in [-0.4, -0.2) is 61.8 Å². The van der Waals surface area contributed by atoms with E-state index in [0.717, 1.165) is 6.20 Å². The van der Waals surface area contributed by atoms with Crippen molar-refractivity contribution < 1.29 is 18.3 Å². The van der Waals surface area contributed by atoms with Crippen molar-refractivity contribution >= 4 is 16.0 Å². The second-order valence-corrected chi connectivity index (χ2v) is 7.35. The first kappa shape index (κ1) is 16.6. The minimum Gasteiger partial charge on any atom is -0.478 e. The molecule has 0 spiro atoms. The van der Waals surface area contributed by atoms with E-state index in [1.54, 1.807) is 0 Å².